The molecule has 0 aliphatic rings. The van der Waals surface area contributed by atoms with Gasteiger partial charge in [0.1, 0.15) is 0 Å². The van der Waals surface area contributed by atoms with Gasteiger partial charge in [-0.25, -0.2) is 0 Å². The maximum atomic E-state index is 10.1. The van der Waals surface area contributed by atoms with Crippen molar-refractivity contribution in [3.63, 3.8) is 0 Å². The second kappa shape index (κ2) is 5.72. The Balaban J connectivity index is 3.12. The normalized spacial score (nSPS) is 14.3. The van der Waals surface area contributed by atoms with Gasteiger partial charge < -0.3 is 20.3 Å². The Labute approximate surface area is 96.0 Å². The molecule has 1 rings (SSSR count). The highest BCUT2D eigenvalue weighted by molar-refractivity contribution is 5.47. The van der Waals surface area contributed by atoms with Crippen molar-refractivity contribution in [3.05, 3.63) is 23.8 Å². The van der Waals surface area contributed by atoms with Crippen molar-refractivity contribution in [1.82, 2.24) is 0 Å². The molecule has 0 saturated heterocycles. The van der Waals surface area contributed by atoms with Gasteiger partial charge >= 0.3 is 0 Å². The number of aliphatic hydroxyl groups is 1. The number of aliphatic hydroxyl groups excluding tert-OH is 1. The Hall–Kier alpha value is -1.26. The van der Waals surface area contributed by atoms with Crippen LogP contribution in [0.15, 0.2) is 18.2 Å². The lowest BCUT2D eigenvalue weighted by molar-refractivity contribution is 0.140. The van der Waals surface area contributed by atoms with Crippen LogP contribution in [0.25, 0.3) is 0 Å². The molecule has 0 bridgehead atoms. The summed E-state index contributed by atoms with van der Waals surface area (Å²) in [6.45, 7) is 1.93. The predicted octanol–water partition coefficient (Wildman–Crippen LogP) is 1.47. The molecule has 2 unspecified atom stereocenters. The summed E-state index contributed by atoms with van der Waals surface area (Å²) in [5.41, 5.74) is 6.48. The molecule has 0 radical (unpaired) electrons. The molecule has 3 N–H and O–H groups in total. The van der Waals surface area contributed by atoms with E-state index in [1.54, 1.807) is 26.4 Å². The first-order chi connectivity index (χ1) is 7.65. The molecule has 16 heavy (non-hydrogen) atoms. The van der Waals surface area contributed by atoms with Crippen LogP contribution < -0.4 is 15.2 Å². The molecule has 1 aromatic carbocycles. The van der Waals surface area contributed by atoms with Crippen molar-refractivity contribution in [2.45, 2.75) is 25.5 Å². The fraction of sp³-hybridized carbons (Fsp3) is 0.500. The second-order valence-electron chi connectivity index (χ2n) is 3.60. The summed E-state index contributed by atoms with van der Waals surface area (Å²) in [7, 11) is 3.11. The zero-order valence-electron chi connectivity index (χ0n) is 9.93. The van der Waals surface area contributed by atoms with Gasteiger partial charge in [-0.05, 0) is 12.5 Å². The third-order valence-corrected chi connectivity index (χ3v) is 2.63. The number of ether oxygens (including phenoxy) is 2. The standard InChI is InChI=1S/C12H19NO3/c1-4-9(13)11(14)8-6-5-7-10(15-2)12(8)16-3/h5-7,9,11,14H,4,13H2,1-3H3. The molecule has 0 saturated carbocycles. The lowest BCUT2D eigenvalue weighted by Crippen LogP contribution is -2.27. The van der Waals surface area contributed by atoms with Gasteiger partial charge in [0.2, 0.25) is 0 Å². The molecule has 0 fully saturated rings. The summed E-state index contributed by atoms with van der Waals surface area (Å²) in [6, 6.07) is 5.08. The van der Waals surface area contributed by atoms with Gasteiger partial charge in [-0.2, -0.15) is 0 Å². The van der Waals surface area contributed by atoms with Gasteiger partial charge in [0.25, 0.3) is 0 Å². The highest BCUT2D eigenvalue weighted by Gasteiger charge is 2.21. The topological polar surface area (TPSA) is 64.7 Å². The summed E-state index contributed by atoms with van der Waals surface area (Å²) in [5, 5.41) is 10.1. The van der Waals surface area contributed by atoms with Crippen LogP contribution in [-0.4, -0.2) is 25.4 Å². The fourth-order valence-electron chi connectivity index (χ4n) is 1.60. The minimum Gasteiger partial charge on any atom is -0.493 e. The van der Waals surface area contributed by atoms with Crippen LogP contribution in [0.3, 0.4) is 0 Å². The first kappa shape index (κ1) is 12.8. The Morgan fingerprint density at radius 3 is 2.50 bits per heavy atom. The van der Waals surface area contributed by atoms with Crippen LogP contribution in [0, 0.1) is 0 Å². The molecular formula is C12H19NO3. The van der Waals surface area contributed by atoms with Crippen molar-refractivity contribution in [3.8, 4) is 11.5 Å². The van der Waals surface area contributed by atoms with Gasteiger partial charge in [-0.1, -0.05) is 19.1 Å². The van der Waals surface area contributed by atoms with E-state index in [4.69, 9.17) is 15.2 Å². The number of hydrogen-bond donors (Lipinski definition) is 2. The molecule has 0 amide bonds. The van der Waals surface area contributed by atoms with Crippen LogP contribution in [0.1, 0.15) is 25.0 Å². The van der Waals surface area contributed by atoms with Crippen LogP contribution >= 0.6 is 0 Å². The molecule has 2 atom stereocenters. The van der Waals surface area contributed by atoms with Gasteiger partial charge in [0.05, 0.1) is 20.3 Å². The molecule has 4 heteroatoms. The average Bonchev–Trinajstić information content (AvgIpc) is 2.35. The highest BCUT2D eigenvalue weighted by Crippen LogP contribution is 2.35. The van der Waals surface area contributed by atoms with E-state index in [-0.39, 0.29) is 6.04 Å². The lowest BCUT2D eigenvalue weighted by Gasteiger charge is -2.21. The maximum absolute atomic E-state index is 10.1. The van der Waals surface area contributed by atoms with Gasteiger partial charge in [-0.15, -0.1) is 0 Å². The summed E-state index contributed by atoms with van der Waals surface area (Å²) in [6.07, 6.45) is -0.0447. The van der Waals surface area contributed by atoms with Crippen LogP contribution in [0.2, 0.25) is 0 Å². The van der Waals surface area contributed by atoms with Crippen molar-refractivity contribution in [2.75, 3.05) is 14.2 Å². The molecule has 0 spiro atoms. The zero-order chi connectivity index (χ0) is 12.1. The SMILES string of the molecule is CCC(N)C(O)c1cccc(OC)c1OC. The molecular weight excluding hydrogens is 206 g/mol. The summed E-state index contributed by atoms with van der Waals surface area (Å²) in [5.74, 6) is 1.14. The second-order valence-corrected chi connectivity index (χ2v) is 3.60. The number of benzene rings is 1. The molecule has 1 aromatic rings. The number of hydrogen-bond acceptors (Lipinski definition) is 4. The average molecular weight is 225 g/mol. The van der Waals surface area contributed by atoms with Crippen LogP contribution in [-0.2, 0) is 0 Å². The minimum atomic E-state index is -0.741. The van der Waals surface area contributed by atoms with E-state index >= 15 is 0 Å². The quantitative estimate of drug-likeness (QED) is 0.796. The largest absolute Gasteiger partial charge is 0.493 e. The van der Waals surface area contributed by atoms with Crippen LogP contribution in [0.5, 0.6) is 11.5 Å². The van der Waals surface area contributed by atoms with Crippen molar-refractivity contribution < 1.29 is 14.6 Å². The monoisotopic (exact) mass is 225 g/mol. The first-order valence-electron chi connectivity index (χ1n) is 5.30. The molecule has 0 aliphatic heterocycles. The van der Waals surface area contributed by atoms with E-state index in [0.29, 0.717) is 23.5 Å². The number of methoxy groups -OCH3 is 2. The third kappa shape index (κ3) is 2.46. The first-order valence-corrected chi connectivity index (χ1v) is 5.30. The maximum Gasteiger partial charge on any atom is 0.166 e. The number of para-hydroxylation sites is 1. The molecule has 4 nitrogen and oxygen atoms in total. The van der Waals surface area contributed by atoms with E-state index in [0.717, 1.165) is 0 Å². The van der Waals surface area contributed by atoms with E-state index < -0.39 is 6.10 Å². The summed E-state index contributed by atoms with van der Waals surface area (Å²) < 4.78 is 10.4. The Morgan fingerprint density at radius 1 is 1.31 bits per heavy atom. The van der Waals surface area contributed by atoms with Crippen LogP contribution in [0.4, 0.5) is 0 Å². The lowest BCUT2D eigenvalue weighted by atomic mass is 10.00. The molecule has 0 heterocycles. The Morgan fingerprint density at radius 2 is 2.00 bits per heavy atom. The van der Waals surface area contributed by atoms with Gasteiger partial charge in [-0.3, -0.25) is 0 Å². The highest BCUT2D eigenvalue weighted by atomic mass is 16.5. The smallest absolute Gasteiger partial charge is 0.166 e. The number of rotatable bonds is 5. The van der Waals surface area contributed by atoms with E-state index in [1.807, 2.05) is 13.0 Å². The summed E-state index contributed by atoms with van der Waals surface area (Å²) >= 11 is 0. The third-order valence-electron chi connectivity index (χ3n) is 2.63. The zero-order valence-corrected chi connectivity index (χ0v) is 9.93. The van der Waals surface area contributed by atoms with Gasteiger partial charge in [0.15, 0.2) is 11.5 Å². The number of nitrogens with two attached hydrogens (primary N) is 1. The van der Waals surface area contributed by atoms with Crippen molar-refractivity contribution in [2.24, 2.45) is 5.73 Å². The Bertz CT molecular complexity index is 341. The minimum absolute atomic E-state index is 0.305. The predicted molar refractivity (Wildman–Crippen MR) is 62.8 cm³/mol. The van der Waals surface area contributed by atoms with E-state index in [9.17, 15) is 5.11 Å². The van der Waals surface area contributed by atoms with Crippen molar-refractivity contribution in [1.29, 1.82) is 0 Å². The summed E-state index contributed by atoms with van der Waals surface area (Å²) in [4.78, 5) is 0. The molecule has 90 valence electrons. The Kier molecular flexibility index (Phi) is 4.58. The van der Waals surface area contributed by atoms with Gasteiger partial charge in [0, 0.05) is 11.6 Å². The van der Waals surface area contributed by atoms with Crippen molar-refractivity contribution >= 4 is 0 Å². The van der Waals surface area contributed by atoms with E-state index in [1.165, 1.54) is 0 Å². The molecule has 0 aliphatic carbocycles. The molecule has 0 aromatic heterocycles. The fourth-order valence-corrected chi connectivity index (χ4v) is 1.60. The van der Waals surface area contributed by atoms with E-state index in [2.05, 4.69) is 0 Å².